The van der Waals surface area contributed by atoms with Crippen LogP contribution in [0.5, 0.6) is 5.75 Å². The largest absolute Gasteiger partial charge is 0.438 e. The molecule has 0 spiro atoms. The minimum atomic E-state index is -4.80. The average molecular weight is 440 g/mol. The number of carbonyl (C=O) groups is 1. The van der Waals surface area contributed by atoms with Crippen LogP contribution in [0.1, 0.15) is 5.69 Å². The molecule has 0 aliphatic carbocycles. The van der Waals surface area contributed by atoms with Gasteiger partial charge in [-0.25, -0.2) is 18.4 Å². The van der Waals surface area contributed by atoms with E-state index in [0.29, 0.717) is 11.1 Å². The zero-order valence-electron chi connectivity index (χ0n) is 15.3. The lowest BCUT2D eigenvalue weighted by atomic mass is 10.0. The Balaban J connectivity index is 1.89. The summed E-state index contributed by atoms with van der Waals surface area (Å²) in [5, 5.41) is 10.8. The highest BCUT2D eigenvalue weighted by Gasteiger charge is 2.38. The summed E-state index contributed by atoms with van der Waals surface area (Å²) in [6.45, 7) is 0. The number of carbonyl (C=O) groups excluding carboxylic acids is 1. The molecule has 0 bridgehead atoms. The van der Waals surface area contributed by atoms with Gasteiger partial charge in [0, 0.05) is 12.6 Å². The van der Waals surface area contributed by atoms with Crippen LogP contribution in [0.3, 0.4) is 0 Å². The lowest BCUT2D eigenvalue weighted by Crippen LogP contribution is -2.19. The fourth-order valence-corrected chi connectivity index (χ4v) is 3.22. The molecule has 30 heavy (non-hydrogen) atoms. The van der Waals surface area contributed by atoms with Crippen LogP contribution in [-0.4, -0.2) is 24.3 Å². The van der Waals surface area contributed by atoms with Gasteiger partial charge in [-0.1, -0.05) is 30.3 Å². The van der Waals surface area contributed by atoms with Crippen LogP contribution in [0, 0.1) is 0 Å². The molecular weight excluding hydrogens is 425 g/mol. The van der Waals surface area contributed by atoms with Crippen molar-refractivity contribution in [3.05, 3.63) is 60.4 Å². The number of ether oxygens (including phenoxy) is 1. The number of nitrogens with zero attached hydrogens (tertiary/aromatic N) is 2. The highest BCUT2D eigenvalue weighted by Crippen LogP contribution is 2.35. The SMILES string of the molecule is Cn1cc(OC(=O)Nc2ccccc2-c2cccc(S(N)(=O)=O)c2)c(C(F)(F)F)n1. The summed E-state index contributed by atoms with van der Waals surface area (Å²) in [4.78, 5) is 12.1. The van der Waals surface area contributed by atoms with Crippen molar-refractivity contribution in [2.24, 2.45) is 12.2 Å². The minimum absolute atomic E-state index is 0.137. The predicted octanol–water partition coefficient (Wildman–Crippen LogP) is 3.36. The number of rotatable bonds is 4. The molecule has 2 aromatic carbocycles. The van der Waals surface area contributed by atoms with Crippen LogP contribution in [0.4, 0.5) is 23.7 Å². The molecule has 0 saturated carbocycles. The van der Waals surface area contributed by atoms with Crippen molar-refractivity contribution < 1.29 is 31.1 Å². The van der Waals surface area contributed by atoms with Gasteiger partial charge in [0.25, 0.3) is 0 Å². The van der Waals surface area contributed by atoms with Crippen LogP contribution in [-0.2, 0) is 23.2 Å². The zero-order valence-corrected chi connectivity index (χ0v) is 16.2. The number of primary sulfonamides is 1. The number of halogens is 3. The third kappa shape index (κ3) is 4.78. The summed E-state index contributed by atoms with van der Waals surface area (Å²) in [7, 11) is -2.70. The number of nitrogens with one attached hydrogen (secondary N) is 1. The summed E-state index contributed by atoms with van der Waals surface area (Å²) in [5.74, 6) is -0.754. The number of benzene rings is 2. The van der Waals surface area contributed by atoms with E-state index < -0.39 is 33.7 Å². The molecule has 1 aromatic heterocycles. The van der Waals surface area contributed by atoms with Gasteiger partial charge in [-0.05, 0) is 23.8 Å². The number of alkyl halides is 3. The Morgan fingerprint density at radius 1 is 1.17 bits per heavy atom. The number of hydrogen-bond acceptors (Lipinski definition) is 5. The second-order valence-electron chi connectivity index (χ2n) is 6.15. The van der Waals surface area contributed by atoms with Crippen LogP contribution >= 0.6 is 0 Å². The second-order valence-corrected chi connectivity index (χ2v) is 7.71. The Morgan fingerprint density at radius 3 is 2.53 bits per heavy atom. The lowest BCUT2D eigenvalue weighted by Gasteiger charge is -2.12. The van der Waals surface area contributed by atoms with Gasteiger partial charge >= 0.3 is 12.3 Å². The van der Waals surface area contributed by atoms with Gasteiger partial charge in [-0.15, -0.1) is 0 Å². The van der Waals surface area contributed by atoms with E-state index in [0.717, 1.165) is 10.9 Å². The molecule has 0 radical (unpaired) electrons. The average Bonchev–Trinajstić information content (AvgIpc) is 3.02. The molecule has 3 N–H and O–H groups in total. The van der Waals surface area contributed by atoms with Crippen molar-refractivity contribution in [1.29, 1.82) is 0 Å². The summed E-state index contributed by atoms with van der Waals surface area (Å²) >= 11 is 0. The summed E-state index contributed by atoms with van der Waals surface area (Å²) < 4.78 is 67.9. The molecule has 0 atom stereocenters. The van der Waals surface area contributed by atoms with E-state index >= 15 is 0 Å². The predicted molar refractivity (Wildman–Crippen MR) is 101 cm³/mol. The van der Waals surface area contributed by atoms with Crippen LogP contribution in [0.25, 0.3) is 11.1 Å². The van der Waals surface area contributed by atoms with Crippen molar-refractivity contribution in [2.75, 3.05) is 5.32 Å². The van der Waals surface area contributed by atoms with Crippen LogP contribution < -0.4 is 15.2 Å². The first-order chi connectivity index (χ1) is 13.9. The molecule has 158 valence electrons. The number of nitrogens with two attached hydrogens (primary N) is 1. The van der Waals surface area contributed by atoms with Crippen molar-refractivity contribution in [2.45, 2.75) is 11.1 Å². The Hall–Kier alpha value is -3.38. The Labute approximate surface area is 169 Å². The van der Waals surface area contributed by atoms with Crippen molar-refractivity contribution >= 4 is 21.8 Å². The fourth-order valence-electron chi connectivity index (χ4n) is 2.66. The normalized spacial score (nSPS) is 11.9. The van der Waals surface area contributed by atoms with Crippen LogP contribution in [0.15, 0.2) is 59.6 Å². The first kappa shape index (κ1) is 21.3. The Morgan fingerprint density at radius 2 is 1.87 bits per heavy atom. The lowest BCUT2D eigenvalue weighted by molar-refractivity contribution is -0.142. The van der Waals surface area contributed by atoms with E-state index in [4.69, 9.17) is 9.88 Å². The maximum atomic E-state index is 13.0. The monoisotopic (exact) mass is 440 g/mol. The topological polar surface area (TPSA) is 116 Å². The smallest absolute Gasteiger partial charge is 0.406 e. The molecule has 12 heteroatoms. The maximum Gasteiger partial charge on any atom is 0.438 e. The molecular formula is C18H15F3N4O4S. The van der Waals surface area contributed by atoms with Crippen molar-refractivity contribution in [3.63, 3.8) is 0 Å². The highest BCUT2D eigenvalue weighted by molar-refractivity contribution is 7.89. The van der Waals surface area contributed by atoms with Gasteiger partial charge in [0.1, 0.15) is 0 Å². The molecule has 0 fully saturated rings. The molecule has 3 rings (SSSR count). The van der Waals surface area contributed by atoms with E-state index in [1.54, 1.807) is 24.3 Å². The molecule has 0 aliphatic rings. The van der Waals surface area contributed by atoms with Gasteiger partial charge in [-0.2, -0.15) is 18.3 Å². The minimum Gasteiger partial charge on any atom is -0.406 e. The molecule has 0 unspecified atom stereocenters. The van der Waals surface area contributed by atoms with Gasteiger partial charge in [0.05, 0.1) is 16.8 Å². The third-order valence-corrected chi connectivity index (χ3v) is 4.81. The molecule has 8 nitrogen and oxygen atoms in total. The number of sulfonamides is 1. The molecule has 1 amide bonds. The molecule has 0 aliphatic heterocycles. The number of aromatic nitrogens is 2. The third-order valence-electron chi connectivity index (χ3n) is 3.90. The van der Waals surface area contributed by atoms with E-state index in [1.165, 1.54) is 31.3 Å². The zero-order chi connectivity index (χ0) is 22.1. The van der Waals surface area contributed by atoms with E-state index in [1.807, 2.05) is 0 Å². The summed E-state index contributed by atoms with van der Waals surface area (Å²) in [5.41, 5.74) is -0.335. The van der Waals surface area contributed by atoms with E-state index in [2.05, 4.69) is 10.4 Å². The maximum absolute atomic E-state index is 13.0. The number of aryl methyl sites for hydroxylation is 1. The molecule has 3 aromatic rings. The molecule has 0 saturated heterocycles. The van der Waals surface area contributed by atoms with Gasteiger partial charge in [0.15, 0.2) is 5.75 Å². The van der Waals surface area contributed by atoms with Gasteiger partial charge in [-0.3, -0.25) is 10.00 Å². The number of anilines is 1. The first-order valence-electron chi connectivity index (χ1n) is 8.27. The Kier molecular flexibility index (Phi) is 5.55. The number of para-hydroxylation sites is 1. The van der Waals surface area contributed by atoms with Crippen molar-refractivity contribution in [3.8, 4) is 16.9 Å². The highest BCUT2D eigenvalue weighted by atomic mass is 32.2. The number of amides is 1. The Bertz CT molecular complexity index is 1210. The molecule has 1 heterocycles. The standard InChI is InChI=1S/C18H15F3N4O4S/c1-25-10-15(16(24-25)18(19,20)21)29-17(26)23-14-8-3-2-7-13(14)11-5-4-6-12(9-11)30(22,27)28/h2-10H,1H3,(H,23,26)(H2,22,27,28). The van der Waals surface area contributed by atoms with Gasteiger partial charge < -0.3 is 4.74 Å². The van der Waals surface area contributed by atoms with E-state index in [9.17, 15) is 26.4 Å². The van der Waals surface area contributed by atoms with Crippen molar-refractivity contribution in [1.82, 2.24) is 9.78 Å². The summed E-state index contributed by atoms with van der Waals surface area (Å²) in [6.07, 6.45) is -5.06. The summed E-state index contributed by atoms with van der Waals surface area (Å²) in [6, 6.07) is 12.0. The van der Waals surface area contributed by atoms with E-state index in [-0.39, 0.29) is 10.6 Å². The second kappa shape index (κ2) is 7.80. The van der Waals surface area contributed by atoms with Crippen LogP contribution in [0.2, 0.25) is 0 Å². The van der Waals surface area contributed by atoms with Gasteiger partial charge in [0.2, 0.25) is 15.7 Å². The quantitative estimate of drug-likeness (QED) is 0.645. The fraction of sp³-hybridized carbons (Fsp3) is 0.111. The first-order valence-corrected chi connectivity index (χ1v) is 9.82. The number of hydrogen-bond donors (Lipinski definition) is 2.